The standard InChI is InChI=1S/C16H11BrNO6/c17-13-3-1-2-12(8-13)15(24-10-19)16(20)23-9-11-4-6-14(7-5-11)18(21)22/h1-8,15H,9H2. The highest BCUT2D eigenvalue weighted by Crippen LogP contribution is 2.23. The van der Waals surface area contributed by atoms with Crippen molar-refractivity contribution < 1.29 is 24.0 Å². The van der Waals surface area contributed by atoms with Gasteiger partial charge in [-0.2, -0.15) is 0 Å². The molecule has 0 amide bonds. The number of rotatable bonds is 7. The Morgan fingerprint density at radius 3 is 2.54 bits per heavy atom. The van der Waals surface area contributed by atoms with E-state index in [4.69, 9.17) is 9.47 Å². The zero-order valence-electron chi connectivity index (χ0n) is 12.2. The van der Waals surface area contributed by atoms with Crippen molar-refractivity contribution in [1.82, 2.24) is 0 Å². The number of nitro benzene ring substituents is 1. The molecule has 7 nitrogen and oxygen atoms in total. The number of nitro groups is 1. The minimum absolute atomic E-state index is 0.0593. The lowest BCUT2D eigenvalue weighted by Crippen LogP contribution is -2.18. The Hall–Kier alpha value is -2.74. The van der Waals surface area contributed by atoms with E-state index in [1.54, 1.807) is 24.3 Å². The van der Waals surface area contributed by atoms with Gasteiger partial charge in [0.15, 0.2) is 0 Å². The van der Waals surface area contributed by atoms with Crippen molar-refractivity contribution in [2.24, 2.45) is 0 Å². The molecular weight excluding hydrogens is 382 g/mol. The van der Waals surface area contributed by atoms with Crippen LogP contribution in [0.1, 0.15) is 17.2 Å². The number of hydrogen-bond acceptors (Lipinski definition) is 6. The zero-order chi connectivity index (χ0) is 17.5. The van der Waals surface area contributed by atoms with Crippen LogP contribution in [0.5, 0.6) is 0 Å². The molecule has 0 spiro atoms. The molecule has 8 heteroatoms. The summed E-state index contributed by atoms with van der Waals surface area (Å²) >= 11 is 3.26. The van der Waals surface area contributed by atoms with Gasteiger partial charge in [0.05, 0.1) is 4.92 Å². The minimum Gasteiger partial charge on any atom is -0.458 e. The third kappa shape index (κ3) is 4.63. The van der Waals surface area contributed by atoms with Gasteiger partial charge in [0.1, 0.15) is 6.61 Å². The first-order valence-corrected chi connectivity index (χ1v) is 7.49. The molecule has 0 aliphatic heterocycles. The molecule has 0 aliphatic carbocycles. The normalized spacial score (nSPS) is 11.4. The first-order chi connectivity index (χ1) is 11.5. The highest BCUT2D eigenvalue weighted by atomic mass is 79.9. The number of ether oxygens (including phenoxy) is 2. The van der Waals surface area contributed by atoms with Crippen LogP contribution in [0.2, 0.25) is 0 Å². The first-order valence-electron chi connectivity index (χ1n) is 6.69. The Balaban J connectivity index is 2.05. The van der Waals surface area contributed by atoms with Crippen molar-refractivity contribution in [3.05, 3.63) is 74.2 Å². The lowest BCUT2D eigenvalue weighted by atomic mass is 10.1. The fourth-order valence-corrected chi connectivity index (χ4v) is 2.33. The third-order valence-corrected chi connectivity index (χ3v) is 3.55. The molecule has 2 aromatic rings. The maximum atomic E-state index is 12.1. The molecule has 2 aromatic carbocycles. The summed E-state index contributed by atoms with van der Waals surface area (Å²) in [6, 6.07) is 12.3. The Kier molecular flexibility index (Phi) is 6.02. The average molecular weight is 393 g/mol. The monoisotopic (exact) mass is 392 g/mol. The molecule has 1 radical (unpaired) electrons. The summed E-state index contributed by atoms with van der Waals surface area (Å²) < 4.78 is 10.5. The van der Waals surface area contributed by atoms with Crippen LogP contribution < -0.4 is 0 Å². The number of carbonyl (C=O) groups excluding carboxylic acids is 2. The van der Waals surface area contributed by atoms with Gasteiger partial charge in [0.2, 0.25) is 6.10 Å². The second-order valence-electron chi connectivity index (χ2n) is 4.67. The number of halogens is 1. The Bertz CT molecular complexity index is 746. The Morgan fingerprint density at radius 2 is 1.96 bits per heavy atom. The van der Waals surface area contributed by atoms with Gasteiger partial charge in [-0.15, -0.1) is 0 Å². The van der Waals surface area contributed by atoms with Gasteiger partial charge in [0.25, 0.3) is 5.69 Å². The van der Waals surface area contributed by atoms with Crippen LogP contribution in [0.3, 0.4) is 0 Å². The fourth-order valence-electron chi connectivity index (χ4n) is 1.91. The molecular formula is C16H11BrNO6. The summed E-state index contributed by atoms with van der Waals surface area (Å²) in [7, 11) is 0. The summed E-state index contributed by atoms with van der Waals surface area (Å²) in [5.74, 6) is -0.769. The number of benzene rings is 2. The predicted molar refractivity (Wildman–Crippen MR) is 86.6 cm³/mol. The molecule has 0 saturated heterocycles. The zero-order valence-corrected chi connectivity index (χ0v) is 13.8. The minimum atomic E-state index is -1.24. The fraction of sp³-hybridized carbons (Fsp3) is 0.125. The van der Waals surface area contributed by atoms with Gasteiger partial charge >= 0.3 is 12.4 Å². The van der Waals surface area contributed by atoms with E-state index in [0.717, 1.165) is 0 Å². The van der Waals surface area contributed by atoms with E-state index < -0.39 is 17.0 Å². The molecule has 2 rings (SSSR count). The van der Waals surface area contributed by atoms with Gasteiger partial charge < -0.3 is 9.47 Å². The van der Waals surface area contributed by atoms with Crippen LogP contribution in [0.4, 0.5) is 5.69 Å². The van der Waals surface area contributed by atoms with Crippen molar-refractivity contribution in [2.75, 3.05) is 0 Å². The van der Waals surface area contributed by atoms with Gasteiger partial charge in [-0.25, -0.2) is 9.59 Å². The lowest BCUT2D eigenvalue weighted by molar-refractivity contribution is -0.384. The van der Waals surface area contributed by atoms with Gasteiger partial charge in [-0.05, 0) is 29.8 Å². The van der Waals surface area contributed by atoms with Gasteiger partial charge in [-0.1, -0.05) is 28.1 Å². The van der Waals surface area contributed by atoms with E-state index in [1.165, 1.54) is 30.7 Å². The van der Waals surface area contributed by atoms with E-state index >= 15 is 0 Å². The van der Waals surface area contributed by atoms with Gasteiger partial charge in [-0.3, -0.25) is 10.1 Å². The summed E-state index contributed by atoms with van der Waals surface area (Å²) in [5, 5.41) is 10.6. The van der Waals surface area contributed by atoms with E-state index in [9.17, 15) is 19.7 Å². The van der Waals surface area contributed by atoms with E-state index in [0.29, 0.717) is 15.6 Å². The maximum Gasteiger partial charge on any atom is 0.418 e. The molecule has 0 heterocycles. The van der Waals surface area contributed by atoms with Crippen LogP contribution in [0.25, 0.3) is 0 Å². The number of carbonyl (C=O) groups is 1. The highest BCUT2D eigenvalue weighted by Gasteiger charge is 2.24. The molecule has 0 aliphatic rings. The van der Waals surface area contributed by atoms with E-state index in [-0.39, 0.29) is 12.3 Å². The number of nitrogens with zero attached hydrogens (tertiary/aromatic N) is 1. The van der Waals surface area contributed by atoms with Gasteiger partial charge in [0, 0.05) is 22.2 Å². The van der Waals surface area contributed by atoms with Crippen molar-refractivity contribution in [1.29, 1.82) is 0 Å². The van der Waals surface area contributed by atoms with Crippen molar-refractivity contribution in [3.8, 4) is 0 Å². The molecule has 0 saturated carbocycles. The summed E-state index contributed by atoms with van der Waals surface area (Å²) in [5.41, 5.74) is 0.939. The smallest absolute Gasteiger partial charge is 0.418 e. The number of hydrogen-bond donors (Lipinski definition) is 0. The molecule has 0 fully saturated rings. The van der Waals surface area contributed by atoms with E-state index in [2.05, 4.69) is 15.9 Å². The second kappa shape index (κ2) is 8.21. The molecule has 0 bridgehead atoms. The predicted octanol–water partition coefficient (Wildman–Crippen LogP) is 3.23. The number of non-ortho nitro benzene ring substituents is 1. The molecule has 24 heavy (non-hydrogen) atoms. The highest BCUT2D eigenvalue weighted by molar-refractivity contribution is 9.10. The van der Waals surface area contributed by atoms with Crippen molar-refractivity contribution in [3.63, 3.8) is 0 Å². The molecule has 1 unspecified atom stereocenters. The molecule has 0 aromatic heterocycles. The van der Waals surface area contributed by atoms with Crippen molar-refractivity contribution in [2.45, 2.75) is 12.7 Å². The largest absolute Gasteiger partial charge is 0.458 e. The maximum absolute atomic E-state index is 12.1. The topological polar surface area (TPSA) is 95.7 Å². The molecule has 0 N–H and O–H groups in total. The lowest BCUT2D eigenvalue weighted by Gasteiger charge is -2.14. The van der Waals surface area contributed by atoms with Crippen molar-refractivity contribution >= 4 is 34.1 Å². The van der Waals surface area contributed by atoms with E-state index in [1.807, 2.05) is 0 Å². The summed E-state index contributed by atoms with van der Waals surface area (Å²) in [6.45, 7) is 1.14. The SMILES string of the molecule is O=[C]OC(C(=O)OCc1ccc([N+](=O)[O-])cc1)c1cccc(Br)c1. The quantitative estimate of drug-likeness (QED) is 0.407. The average Bonchev–Trinajstić information content (AvgIpc) is 2.58. The second-order valence-corrected chi connectivity index (χ2v) is 5.58. The van der Waals surface area contributed by atoms with Crippen LogP contribution in [-0.2, 0) is 25.7 Å². The van der Waals surface area contributed by atoms with Crippen LogP contribution in [-0.4, -0.2) is 17.4 Å². The van der Waals surface area contributed by atoms with Crippen LogP contribution in [0, 0.1) is 10.1 Å². The summed E-state index contributed by atoms with van der Waals surface area (Å²) in [6.07, 6.45) is -1.24. The Labute approximate surface area is 145 Å². The third-order valence-electron chi connectivity index (χ3n) is 3.06. The number of esters is 1. The summed E-state index contributed by atoms with van der Waals surface area (Å²) in [4.78, 5) is 32.7. The molecule has 123 valence electrons. The molecule has 1 atom stereocenters. The Morgan fingerprint density at radius 1 is 1.25 bits per heavy atom. The van der Waals surface area contributed by atoms with Crippen LogP contribution in [0.15, 0.2) is 53.0 Å². The van der Waals surface area contributed by atoms with Crippen LogP contribution >= 0.6 is 15.9 Å². The first kappa shape index (κ1) is 17.6.